The minimum absolute atomic E-state index is 0.115. The third kappa shape index (κ3) is 3.96. The fourth-order valence-corrected chi connectivity index (χ4v) is 2.26. The SMILES string of the molecule is Cn1cc(OCCN2CCOCC2)c(=O)cc1CCl. The summed E-state index contributed by atoms with van der Waals surface area (Å²) in [4.78, 5) is 14.1. The molecule has 1 aromatic rings. The van der Waals surface area contributed by atoms with Gasteiger partial charge in [-0.05, 0) is 0 Å². The Balaban J connectivity index is 1.88. The van der Waals surface area contributed by atoms with Gasteiger partial charge in [0.15, 0.2) is 5.75 Å². The quantitative estimate of drug-likeness (QED) is 0.752. The van der Waals surface area contributed by atoms with Crippen LogP contribution in [-0.4, -0.2) is 48.9 Å². The van der Waals surface area contributed by atoms with Crippen molar-refractivity contribution in [3.63, 3.8) is 0 Å². The van der Waals surface area contributed by atoms with Gasteiger partial charge >= 0.3 is 0 Å². The summed E-state index contributed by atoms with van der Waals surface area (Å²) in [5.74, 6) is 0.699. The van der Waals surface area contributed by atoms with E-state index in [1.807, 2.05) is 11.6 Å². The minimum Gasteiger partial charge on any atom is -0.487 e. The van der Waals surface area contributed by atoms with Crippen LogP contribution in [-0.2, 0) is 17.7 Å². The highest BCUT2D eigenvalue weighted by molar-refractivity contribution is 6.16. The molecule has 1 aliphatic heterocycles. The van der Waals surface area contributed by atoms with Gasteiger partial charge in [0.25, 0.3) is 0 Å². The van der Waals surface area contributed by atoms with E-state index in [9.17, 15) is 4.79 Å². The normalized spacial score (nSPS) is 16.5. The summed E-state index contributed by atoms with van der Waals surface area (Å²) in [5, 5.41) is 0. The summed E-state index contributed by atoms with van der Waals surface area (Å²) in [7, 11) is 1.85. The van der Waals surface area contributed by atoms with E-state index in [0.717, 1.165) is 38.5 Å². The van der Waals surface area contributed by atoms with E-state index >= 15 is 0 Å². The second kappa shape index (κ2) is 6.93. The maximum absolute atomic E-state index is 11.8. The average Bonchev–Trinajstić information content (AvgIpc) is 2.43. The molecule has 0 saturated carbocycles. The molecular formula is C13H19ClN2O3. The highest BCUT2D eigenvalue weighted by Gasteiger charge is 2.10. The molecule has 2 heterocycles. The third-order valence-corrected chi connectivity index (χ3v) is 3.48. The van der Waals surface area contributed by atoms with Crippen LogP contribution in [0.5, 0.6) is 5.75 Å². The van der Waals surface area contributed by atoms with Gasteiger partial charge in [0.1, 0.15) is 6.61 Å². The molecule has 2 rings (SSSR count). The number of alkyl halides is 1. The first-order chi connectivity index (χ1) is 9.20. The topological polar surface area (TPSA) is 43.7 Å². The van der Waals surface area contributed by atoms with E-state index in [0.29, 0.717) is 18.2 Å². The van der Waals surface area contributed by atoms with Crippen molar-refractivity contribution in [2.45, 2.75) is 5.88 Å². The Morgan fingerprint density at radius 1 is 1.42 bits per heavy atom. The Bertz CT molecular complexity index is 469. The summed E-state index contributed by atoms with van der Waals surface area (Å²) in [5.41, 5.74) is 0.669. The van der Waals surface area contributed by atoms with E-state index < -0.39 is 0 Å². The number of hydrogen-bond donors (Lipinski definition) is 0. The lowest BCUT2D eigenvalue weighted by Gasteiger charge is -2.26. The minimum atomic E-state index is -0.115. The molecule has 0 amide bonds. The fraction of sp³-hybridized carbons (Fsp3) is 0.615. The summed E-state index contributed by atoms with van der Waals surface area (Å²) in [6.45, 7) is 4.71. The Morgan fingerprint density at radius 3 is 2.84 bits per heavy atom. The first-order valence-electron chi connectivity index (χ1n) is 6.39. The number of rotatable bonds is 5. The lowest BCUT2D eigenvalue weighted by molar-refractivity contribution is 0.0321. The van der Waals surface area contributed by atoms with Gasteiger partial charge in [-0.25, -0.2) is 0 Å². The molecular weight excluding hydrogens is 268 g/mol. The van der Waals surface area contributed by atoms with Gasteiger partial charge in [-0.15, -0.1) is 11.6 Å². The van der Waals surface area contributed by atoms with Crippen LogP contribution in [0.3, 0.4) is 0 Å². The fourth-order valence-electron chi connectivity index (χ4n) is 2.00. The molecule has 1 fully saturated rings. The Morgan fingerprint density at radius 2 is 2.16 bits per heavy atom. The van der Waals surface area contributed by atoms with Crippen molar-refractivity contribution < 1.29 is 9.47 Å². The molecule has 0 atom stereocenters. The number of halogens is 1. The Kier molecular flexibility index (Phi) is 5.24. The van der Waals surface area contributed by atoms with Crippen molar-refractivity contribution in [3.05, 3.63) is 28.2 Å². The number of morpholine rings is 1. The molecule has 1 aliphatic rings. The van der Waals surface area contributed by atoms with E-state index in [-0.39, 0.29) is 5.43 Å². The van der Waals surface area contributed by atoms with Crippen molar-refractivity contribution in [1.29, 1.82) is 0 Å². The number of pyridine rings is 1. The van der Waals surface area contributed by atoms with Gasteiger partial charge in [-0.2, -0.15) is 0 Å². The van der Waals surface area contributed by atoms with E-state index in [1.165, 1.54) is 6.07 Å². The Labute approximate surface area is 117 Å². The van der Waals surface area contributed by atoms with Crippen molar-refractivity contribution in [3.8, 4) is 5.75 Å². The molecule has 1 aromatic heterocycles. The van der Waals surface area contributed by atoms with Crippen LogP contribution in [0, 0.1) is 0 Å². The monoisotopic (exact) mass is 286 g/mol. The van der Waals surface area contributed by atoms with Crippen molar-refractivity contribution in [1.82, 2.24) is 9.47 Å². The lowest BCUT2D eigenvalue weighted by atomic mass is 10.3. The number of hydrogen-bond acceptors (Lipinski definition) is 4. The van der Waals surface area contributed by atoms with Gasteiger partial charge in [0.05, 0.1) is 25.3 Å². The second-order valence-electron chi connectivity index (χ2n) is 4.54. The lowest BCUT2D eigenvalue weighted by Crippen LogP contribution is -2.38. The molecule has 106 valence electrons. The molecule has 0 aliphatic carbocycles. The number of nitrogens with zero attached hydrogens (tertiary/aromatic N) is 2. The van der Waals surface area contributed by atoms with Crippen molar-refractivity contribution >= 4 is 11.6 Å². The molecule has 0 N–H and O–H groups in total. The summed E-state index contributed by atoms with van der Waals surface area (Å²) >= 11 is 5.74. The van der Waals surface area contributed by atoms with Gasteiger partial charge in [-0.1, -0.05) is 0 Å². The largest absolute Gasteiger partial charge is 0.487 e. The summed E-state index contributed by atoms with van der Waals surface area (Å²) in [6, 6.07) is 1.52. The van der Waals surface area contributed by atoms with E-state index in [4.69, 9.17) is 21.1 Å². The van der Waals surface area contributed by atoms with Crippen molar-refractivity contribution in [2.75, 3.05) is 39.5 Å². The number of ether oxygens (including phenoxy) is 2. The number of aromatic nitrogens is 1. The molecule has 0 unspecified atom stereocenters. The molecule has 0 spiro atoms. The van der Waals surface area contributed by atoms with Crippen LogP contribution < -0.4 is 10.2 Å². The molecule has 0 radical (unpaired) electrons. The van der Waals surface area contributed by atoms with Crippen LogP contribution in [0.2, 0.25) is 0 Å². The van der Waals surface area contributed by atoms with E-state index in [2.05, 4.69) is 4.90 Å². The standard InChI is InChI=1S/C13H19ClN2O3/c1-15-10-13(12(17)8-11(15)9-14)19-7-4-16-2-5-18-6-3-16/h8,10H,2-7,9H2,1H3. The zero-order valence-corrected chi connectivity index (χ0v) is 11.9. The second-order valence-corrected chi connectivity index (χ2v) is 4.81. The van der Waals surface area contributed by atoms with Crippen LogP contribution in [0.4, 0.5) is 0 Å². The molecule has 0 bridgehead atoms. The first-order valence-corrected chi connectivity index (χ1v) is 6.92. The van der Waals surface area contributed by atoms with Crippen LogP contribution in [0.15, 0.2) is 17.1 Å². The number of aryl methyl sites for hydroxylation is 1. The summed E-state index contributed by atoms with van der Waals surface area (Å²) < 4.78 is 12.7. The van der Waals surface area contributed by atoms with Crippen LogP contribution >= 0.6 is 11.6 Å². The molecule has 5 nitrogen and oxygen atoms in total. The zero-order chi connectivity index (χ0) is 13.7. The zero-order valence-electron chi connectivity index (χ0n) is 11.1. The summed E-state index contributed by atoms with van der Waals surface area (Å²) in [6.07, 6.45) is 1.69. The first kappa shape index (κ1) is 14.4. The van der Waals surface area contributed by atoms with Crippen LogP contribution in [0.1, 0.15) is 5.69 Å². The smallest absolute Gasteiger partial charge is 0.223 e. The highest BCUT2D eigenvalue weighted by atomic mass is 35.5. The Hall–Kier alpha value is -1.04. The predicted molar refractivity (Wildman–Crippen MR) is 74.0 cm³/mol. The van der Waals surface area contributed by atoms with Gasteiger partial charge < -0.3 is 14.0 Å². The van der Waals surface area contributed by atoms with E-state index in [1.54, 1.807) is 6.20 Å². The molecule has 0 aromatic carbocycles. The molecule has 6 heteroatoms. The maximum atomic E-state index is 11.8. The van der Waals surface area contributed by atoms with Gasteiger partial charge in [-0.3, -0.25) is 9.69 Å². The van der Waals surface area contributed by atoms with Crippen LogP contribution in [0.25, 0.3) is 0 Å². The third-order valence-electron chi connectivity index (χ3n) is 3.21. The average molecular weight is 287 g/mol. The predicted octanol–water partition coefficient (Wildman–Crippen LogP) is 0.835. The highest BCUT2D eigenvalue weighted by Crippen LogP contribution is 2.07. The van der Waals surface area contributed by atoms with Gasteiger partial charge in [0.2, 0.25) is 5.43 Å². The van der Waals surface area contributed by atoms with Gasteiger partial charge in [0, 0.05) is 38.4 Å². The molecule has 19 heavy (non-hydrogen) atoms. The van der Waals surface area contributed by atoms with Crippen molar-refractivity contribution in [2.24, 2.45) is 7.05 Å². The molecule has 1 saturated heterocycles. The maximum Gasteiger partial charge on any atom is 0.223 e.